The van der Waals surface area contributed by atoms with Crippen molar-refractivity contribution in [1.29, 1.82) is 0 Å². The monoisotopic (exact) mass is 435 g/mol. The third-order valence-corrected chi connectivity index (χ3v) is 6.46. The highest BCUT2D eigenvalue weighted by molar-refractivity contribution is 7.13. The fourth-order valence-corrected chi connectivity index (χ4v) is 4.51. The minimum absolute atomic E-state index is 0.144. The van der Waals surface area contributed by atoms with Crippen molar-refractivity contribution in [3.05, 3.63) is 83.6 Å². The summed E-state index contributed by atoms with van der Waals surface area (Å²) in [4.78, 5) is 21.8. The standard InChI is InChI=1S/C19H21N3OS.C6H5F/c1-2-21-7-9-22(10-8-21)19(23)14-5-6-17-15(12-14)16(13-20-17)18-4-3-11-24-18;7-6-4-2-1-3-5-6/h3-6,11-13,20H,2,7-10H2,1H3;1-5H. The van der Waals surface area contributed by atoms with E-state index in [-0.39, 0.29) is 11.7 Å². The van der Waals surface area contributed by atoms with Crippen LogP contribution in [0, 0.1) is 5.82 Å². The summed E-state index contributed by atoms with van der Waals surface area (Å²) in [6.07, 6.45) is 2.03. The number of aromatic amines is 1. The van der Waals surface area contributed by atoms with Gasteiger partial charge < -0.3 is 14.8 Å². The number of aromatic nitrogens is 1. The number of hydrogen-bond donors (Lipinski definition) is 1. The fraction of sp³-hybridized carbons (Fsp3) is 0.240. The first kappa shape index (κ1) is 21.3. The summed E-state index contributed by atoms with van der Waals surface area (Å²) in [7, 11) is 0. The number of fused-ring (bicyclic) bond motifs is 1. The first-order valence-electron chi connectivity index (χ1n) is 10.5. The molecule has 3 heterocycles. The second-order valence-electron chi connectivity index (χ2n) is 7.46. The molecule has 0 spiro atoms. The molecule has 0 aliphatic carbocycles. The molecule has 0 atom stereocenters. The van der Waals surface area contributed by atoms with Gasteiger partial charge in [0.15, 0.2) is 0 Å². The first-order valence-corrected chi connectivity index (χ1v) is 11.4. The number of amides is 1. The predicted octanol–water partition coefficient (Wildman–Crippen LogP) is 5.50. The van der Waals surface area contributed by atoms with Crippen LogP contribution in [0.4, 0.5) is 4.39 Å². The molecule has 1 aliphatic rings. The summed E-state index contributed by atoms with van der Waals surface area (Å²) >= 11 is 1.72. The van der Waals surface area contributed by atoms with Gasteiger partial charge in [-0.25, -0.2) is 4.39 Å². The average molecular weight is 436 g/mol. The third-order valence-electron chi connectivity index (χ3n) is 5.56. The summed E-state index contributed by atoms with van der Waals surface area (Å²) in [5, 5.41) is 3.20. The van der Waals surface area contributed by atoms with E-state index in [9.17, 15) is 9.18 Å². The minimum Gasteiger partial charge on any atom is -0.361 e. The second-order valence-corrected chi connectivity index (χ2v) is 8.41. The van der Waals surface area contributed by atoms with Crippen molar-refractivity contribution in [2.24, 2.45) is 0 Å². The fourth-order valence-electron chi connectivity index (χ4n) is 3.75. The Morgan fingerprint density at radius 1 is 1.03 bits per heavy atom. The molecule has 1 aliphatic heterocycles. The van der Waals surface area contributed by atoms with Crippen LogP contribution in [0.2, 0.25) is 0 Å². The van der Waals surface area contributed by atoms with Gasteiger partial charge in [0.25, 0.3) is 5.91 Å². The van der Waals surface area contributed by atoms with Gasteiger partial charge in [-0.15, -0.1) is 11.3 Å². The highest BCUT2D eigenvalue weighted by atomic mass is 32.1. The molecule has 31 heavy (non-hydrogen) atoms. The Morgan fingerprint density at radius 3 is 2.42 bits per heavy atom. The molecule has 6 heteroatoms. The predicted molar refractivity (Wildman–Crippen MR) is 126 cm³/mol. The van der Waals surface area contributed by atoms with Crippen LogP contribution in [0.25, 0.3) is 21.3 Å². The molecule has 0 saturated carbocycles. The molecule has 4 aromatic rings. The molecule has 5 rings (SSSR count). The number of carbonyl (C=O) groups excluding carboxylic acids is 1. The lowest BCUT2D eigenvalue weighted by molar-refractivity contribution is 0.0643. The maximum absolute atomic E-state index is 12.9. The Kier molecular flexibility index (Phi) is 6.79. The van der Waals surface area contributed by atoms with Crippen molar-refractivity contribution in [1.82, 2.24) is 14.8 Å². The molecule has 2 aromatic carbocycles. The molecule has 160 valence electrons. The highest BCUT2D eigenvalue weighted by Gasteiger charge is 2.22. The van der Waals surface area contributed by atoms with E-state index in [1.165, 1.54) is 22.6 Å². The van der Waals surface area contributed by atoms with E-state index in [1.54, 1.807) is 29.5 Å². The minimum atomic E-state index is -0.178. The maximum atomic E-state index is 12.9. The van der Waals surface area contributed by atoms with E-state index in [4.69, 9.17) is 0 Å². The molecular formula is C25H26FN3OS. The Balaban J connectivity index is 0.000000282. The topological polar surface area (TPSA) is 39.3 Å². The van der Waals surface area contributed by atoms with Crippen LogP contribution in [0.1, 0.15) is 17.3 Å². The van der Waals surface area contributed by atoms with Crippen LogP contribution in [0.15, 0.2) is 72.2 Å². The molecule has 0 radical (unpaired) electrons. The van der Waals surface area contributed by atoms with Crippen molar-refractivity contribution in [2.75, 3.05) is 32.7 Å². The lowest BCUT2D eigenvalue weighted by atomic mass is 10.1. The Labute approximate surface area is 185 Å². The molecular weight excluding hydrogens is 409 g/mol. The van der Waals surface area contributed by atoms with Gasteiger partial charge in [-0.05, 0) is 48.3 Å². The number of benzene rings is 2. The summed E-state index contributed by atoms with van der Waals surface area (Å²) < 4.78 is 11.9. The average Bonchev–Trinajstić information content (AvgIpc) is 3.49. The largest absolute Gasteiger partial charge is 0.361 e. The van der Waals surface area contributed by atoms with Crippen molar-refractivity contribution < 1.29 is 9.18 Å². The van der Waals surface area contributed by atoms with Crippen LogP contribution in [0.3, 0.4) is 0 Å². The van der Waals surface area contributed by atoms with Gasteiger partial charge in [0.2, 0.25) is 0 Å². The summed E-state index contributed by atoms with van der Waals surface area (Å²) in [5.74, 6) is -0.0338. The zero-order valence-corrected chi connectivity index (χ0v) is 18.4. The smallest absolute Gasteiger partial charge is 0.253 e. The zero-order chi connectivity index (χ0) is 21.6. The van der Waals surface area contributed by atoms with Gasteiger partial charge >= 0.3 is 0 Å². The molecule has 0 unspecified atom stereocenters. The highest BCUT2D eigenvalue weighted by Crippen LogP contribution is 2.32. The summed E-state index contributed by atoms with van der Waals surface area (Å²) in [6.45, 7) is 6.79. The number of halogens is 1. The normalized spacial score (nSPS) is 14.3. The van der Waals surface area contributed by atoms with Gasteiger partial charge in [0, 0.05) is 59.3 Å². The number of nitrogens with zero attached hydrogens (tertiary/aromatic N) is 2. The number of hydrogen-bond acceptors (Lipinski definition) is 3. The lowest BCUT2D eigenvalue weighted by Gasteiger charge is -2.34. The van der Waals surface area contributed by atoms with Crippen molar-refractivity contribution in [2.45, 2.75) is 6.92 Å². The molecule has 0 bridgehead atoms. The number of carbonyl (C=O) groups is 1. The molecule has 1 N–H and O–H groups in total. The van der Waals surface area contributed by atoms with E-state index in [1.807, 2.05) is 29.3 Å². The van der Waals surface area contributed by atoms with E-state index in [0.717, 1.165) is 49.2 Å². The van der Waals surface area contributed by atoms with Gasteiger partial charge in [-0.3, -0.25) is 4.79 Å². The number of piperazine rings is 1. The van der Waals surface area contributed by atoms with Crippen LogP contribution >= 0.6 is 11.3 Å². The first-order chi connectivity index (χ1) is 15.2. The lowest BCUT2D eigenvalue weighted by Crippen LogP contribution is -2.48. The summed E-state index contributed by atoms with van der Waals surface area (Å²) in [6, 6.07) is 18.1. The van der Waals surface area contributed by atoms with Crippen LogP contribution in [-0.4, -0.2) is 53.4 Å². The SMILES string of the molecule is CCN1CCN(C(=O)c2ccc3[nH]cc(-c4cccs4)c3c2)CC1.Fc1ccccc1. The molecule has 4 nitrogen and oxygen atoms in total. The Bertz CT molecular complexity index is 1120. The van der Waals surface area contributed by atoms with Crippen molar-refractivity contribution in [3.8, 4) is 10.4 Å². The van der Waals surface area contributed by atoms with E-state index in [2.05, 4.69) is 34.3 Å². The van der Waals surface area contributed by atoms with E-state index in [0.29, 0.717) is 0 Å². The molecule has 1 saturated heterocycles. The van der Waals surface area contributed by atoms with Crippen molar-refractivity contribution >= 4 is 28.1 Å². The van der Waals surface area contributed by atoms with Crippen LogP contribution in [0.5, 0.6) is 0 Å². The molecule has 1 amide bonds. The number of thiophene rings is 1. The van der Waals surface area contributed by atoms with Gasteiger partial charge in [0.1, 0.15) is 5.82 Å². The van der Waals surface area contributed by atoms with Crippen LogP contribution < -0.4 is 0 Å². The Hall–Kier alpha value is -2.96. The number of likely N-dealkylation sites (N-methyl/N-ethyl adjacent to an activating group) is 1. The number of rotatable bonds is 3. The second kappa shape index (κ2) is 9.90. The van der Waals surface area contributed by atoms with Gasteiger partial charge in [-0.2, -0.15) is 0 Å². The van der Waals surface area contributed by atoms with Gasteiger partial charge in [-0.1, -0.05) is 31.2 Å². The Morgan fingerprint density at radius 2 is 1.81 bits per heavy atom. The molecule has 2 aromatic heterocycles. The third kappa shape index (κ3) is 5.03. The zero-order valence-electron chi connectivity index (χ0n) is 17.6. The van der Waals surface area contributed by atoms with Crippen molar-refractivity contribution in [3.63, 3.8) is 0 Å². The number of H-pyrrole nitrogens is 1. The van der Waals surface area contributed by atoms with Crippen LogP contribution in [-0.2, 0) is 0 Å². The maximum Gasteiger partial charge on any atom is 0.253 e. The quantitative estimate of drug-likeness (QED) is 0.462. The van der Waals surface area contributed by atoms with E-state index < -0.39 is 0 Å². The van der Waals surface area contributed by atoms with E-state index >= 15 is 0 Å². The van der Waals surface area contributed by atoms with Gasteiger partial charge in [0.05, 0.1) is 0 Å². The molecule has 1 fully saturated rings. The number of nitrogens with one attached hydrogen (secondary N) is 1. The summed E-state index contributed by atoms with van der Waals surface area (Å²) in [5.41, 5.74) is 3.03.